The molecule has 23 heavy (non-hydrogen) atoms. The fourth-order valence-corrected chi connectivity index (χ4v) is 4.05. The molecule has 0 spiro atoms. The Bertz CT molecular complexity index is 923. The molecule has 0 fully saturated rings. The molecule has 0 aromatic heterocycles. The molecule has 1 aromatic carbocycles. The molecule has 1 heterocycles. The van der Waals surface area contributed by atoms with Gasteiger partial charge in [0.05, 0.1) is 16.2 Å². The minimum absolute atomic E-state index is 0.0244. The summed E-state index contributed by atoms with van der Waals surface area (Å²) < 4.78 is 27.2. The third-order valence-corrected chi connectivity index (χ3v) is 5.19. The van der Waals surface area contributed by atoms with E-state index in [1.54, 1.807) is 30.3 Å². The first-order valence-electron chi connectivity index (χ1n) is 6.66. The largest absolute Gasteiger partial charge is 0.398 e. The van der Waals surface area contributed by atoms with E-state index in [-0.39, 0.29) is 28.4 Å². The number of allylic oxidation sites excluding steroid dienone is 2. The number of hydrogen-bond acceptors (Lipinski definition) is 5. The molecule has 9 heteroatoms. The van der Waals surface area contributed by atoms with Crippen molar-refractivity contribution in [3.05, 3.63) is 79.4 Å². The van der Waals surface area contributed by atoms with Gasteiger partial charge in [-0.2, -0.15) is 0 Å². The number of hydrogen-bond donors (Lipinski definition) is 1. The van der Waals surface area contributed by atoms with Crippen LogP contribution in [-0.4, -0.2) is 13.3 Å². The number of nitrogens with zero attached hydrogens (tertiary/aromatic N) is 3. The van der Waals surface area contributed by atoms with Crippen LogP contribution in [0.2, 0.25) is 0 Å². The number of sulfonamides is 1. The van der Waals surface area contributed by atoms with Gasteiger partial charge in [0.25, 0.3) is 10.0 Å². The van der Waals surface area contributed by atoms with Crippen LogP contribution in [-0.2, 0) is 10.0 Å². The van der Waals surface area contributed by atoms with Gasteiger partial charge in [0.15, 0.2) is 4.98 Å². The van der Waals surface area contributed by atoms with E-state index in [4.69, 9.17) is 0 Å². The summed E-state index contributed by atoms with van der Waals surface area (Å²) in [6, 6.07) is 8.47. The average molecular weight is 331 g/mol. The van der Waals surface area contributed by atoms with Crippen molar-refractivity contribution in [1.82, 2.24) is 4.72 Å². The predicted octanol–water partition coefficient (Wildman–Crippen LogP) is 2.21. The number of nitrogens with one attached hydrogen (secondary N) is 1. The van der Waals surface area contributed by atoms with E-state index in [9.17, 15) is 23.9 Å². The van der Waals surface area contributed by atoms with E-state index in [0.717, 1.165) is 0 Å². The Balaban J connectivity index is 2.24. The van der Waals surface area contributed by atoms with Gasteiger partial charge in [0, 0.05) is 11.6 Å². The first-order chi connectivity index (χ1) is 10.9. The van der Waals surface area contributed by atoms with Crippen LogP contribution >= 0.6 is 0 Å². The summed E-state index contributed by atoms with van der Waals surface area (Å²) in [7, 11) is -3.86. The molecule has 1 aliphatic heterocycles. The van der Waals surface area contributed by atoms with Crippen LogP contribution in [0.3, 0.4) is 0 Å². The SMILES string of the molecule is N#[N+]C1=C(c2ccccc2)NS(=O)(=O)C2=CCC([N+](=O)[O-])=CC21. The molecule has 0 bridgehead atoms. The molecule has 1 N–H and O–H groups in total. The quantitative estimate of drug-likeness (QED) is 0.506. The van der Waals surface area contributed by atoms with Crippen LogP contribution in [0.1, 0.15) is 12.0 Å². The minimum atomic E-state index is -3.86. The third kappa shape index (κ3) is 2.49. The standard InChI is InChI=1S/C14H11N4O4S/c15-16-14-11-8-10(18(19)20)6-7-12(11)23(21,22)17-13(14)9-4-2-1-3-5-9/h1-5,7-8,11,17H,6H2/q+1. The molecular formula is C14H11N4O4S+. The number of fused-ring (bicyclic) bond motifs is 1. The second-order valence-electron chi connectivity index (χ2n) is 5.04. The maximum Gasteiger partial charge on any atom is 0.398 e. The highest BCUT2D eigenvalue weighted by molar-refractivity contribution is 7.93. The molecule has 0 saturated heterocycles. The van der Waals surface area contributed by atoms with E-state index in [1.165, 1.54) is 12.2 Å². The lowest BCUT2D eigenvalue weighted by Crippen LogP contribution is -2.34. The van der Waals surface area contributed by atoms with Gasteiger partial charge < -0.3 is 0 Å². The molecular weight excluding hydrogens is 320 g/mol. The normalized spacial score (nSPS) is 22.1. The molecule has 0 radical (unpaired) electrons. The van der Waals surface area contributed by atoms with Crippen molar-refractivity contribution < 1.29 is 13.3 Å². The van der Waals surface area contributed by atoms with Gasteiger partial charge in [-0.05, 0) is 0 Å². The number of diazo groups is 1. The van der Waals surface area contributed by atoms with Crippen molar-refractivity contribution in [3.63, 3.8) is 0 Å². The Morgan fingerprint density at radius 2 is 2.00 bits per heavy atom. The number of benzene rings is 1. The molecule has 0 saturated carbocycles. The maximum absolute atomic E-state index is 12.4. The average Bonchev–Trinajstić information content (AvgIpc) is 2.54. The monoisotopic (exact) mass is 331 g/mol. The lowest BCUT2D eigenvalue weighted by atomic mass is 9.94. The van der Waals surface area contributed by atoms with Crippen molar-refractivity contribution in [1.29, 1.82) is 5.39 Å². The van der Waals surface area contributed by atoms with Gasteiger partial charge in [0.1, 0.15) is 11.6 Å². The van der Waals surface area contributed by atoms with Gasteiger partial charge in [-0.1, -0.05) is 36.4 Å². The Hall–Kier alpha value is -2.99. The summed E-state index contributed by atoms with van der Waals surface area (Å²) in [6.45, 7) is 0. The molecule has 3 rings (SSSR count). The van der Waals surface area contributed by atoms with Gasteiger partial charge in [-0.3, -0.25) is 14.8 Å². The summed E-state index contributed by atoms with van der Waals surface area (Å²) in [4.78, 5) is 13.5. The minimum Gasteiger partial charge on any atom is -0.272 e. The summed E-state index contributed by atoms with van der Waals surface area (Å²) in [5, 5.41) is 20.3. The number of nitro groups is 1. The summed E-state index contributed by atoms with van der Waals surface area (Å²) >= 11 is 0. The van der Waals surface area contributed by atoms with E-state index in [1.807, 2.05) is 0 Å². The Labute approximate surface area is 131 Å². The van der Waals surface area contributed by atoms with Crippen LogP contribution in [0.5, 0.6) is 0 Å². The van der Waals surface area contributed by atoms with Crippen LogP contribution in [0, 0.1) is 21.4 Å². The molecule has 8 nitrogen and oxygen atoms in total. The molecule has 1 atom stereocenters. The topological polar surface area (TPSA) is 117 Å². The van der Waals surface area contributed by atoms with Crippen LogP contribution in [0.4, 0.5) is 0 Å². The highest BCUT2D eigenvalue weighted by atomic mass is 32.2. The first kappa shape index (κ1) is 14.9. The molecule has 116 valence electrons. The Morgan fingerprint density at radius 3 is 2.61 bits per heavy atom. The van der Waals surface area contributed by atoms with E-state index in [0.29, 0.717) is 5.56 Å². The first-order valence-corrected chi connectivity index (χ1v) is 8.15. The number of rotatable bonds is 2. The summed E-state index contributed by atoms with van der Waals surface area (Å²) in [6.07, 6.45) is 2.39. The van der Waals surface area contributed by atoms with Gasteiger partial charge in [-0.25, -0.2) is 8.42 Å². The lowest BCUT2D eigenvalue weighted by Gasteiger charge is -2.23. The molecule has 2 aliphatic rings. The van der Waals surface area contributed by atoms with Crippen molar-refractivity contribution in [2.24, 2.45) is 5.92 Å². The van der Waals surface area contributed by atoms with Crippen molar-refractivity contribution >= 4 is 15.7 Å². The second kappa shape index (κ2) is 5.33. The van der Waals surface area contributed by atoms with Crippen molar-refractivity contribution in [2.75, 3.05) is 0 Å². The fourth-order valence-electron chi connectivity index (χ4n) is 2.63. The summed E-state index contributed by atoms with van der Waals surface area (Å²) in [5.41, 5.74) is 0.501. The van der Waals surface area contributed by atoms with E-state index < -0.39 is 20.9 Å². The maximum atomic E-state index is 12.4. The molecule has 1 aliphatic carbocycles. The second-order valence-corrected chi connectivity index (χ2v) is 6.72. The van der Waals surface area contributed by atoms with Crippen LogP contribution in [0.25, 0.3) is 10.7 Å². The zero-order valence-corrected chi connectivity index (χ0v) is 12.5. The van der Waals surface area contributed by atoms with Crippen LogP contribution < -0.4 is 4.72 Å². The Morgan fingerprint density at radius 1 is 1.30 bits per heavy atom. The highest BCUT2D eigenvalue weighted by Crippen LogP contribution is 2.40. The highest BCUT2D eigenvalue weighted by Gasteiger charge is 2.46. The smallest absolute Gasteiger partial charge is 0.272 e. The zero-order chi connectivity index (χ0) is 16.6. The summed E-state index contributed by atoms with van der Waals surface area (Å²) in [5.74, 6) is -0.990. The van der Waals surface area contributed by atoms with Gasteiger partial charge >= 0.3 is 5.70 Å². The predicted molar refractivity (Wildman–Crippen MR) is 81.8 cm³/mol. The molecule has 0 amide bonds. The van der Waals surface area contributed by atoms with Crippen molar-refractivity contribution in [2.45, 2.75) is 6.42 Å². The van der Waals surface area contributed by atoms with Gasteiger partial charge in [-0.15, -0.1) is 0 Å². The fraction of sp³-hybridized carbons (Fsp3) is 0.143. The van der Waals surface area contributed by atoms with Gasteiger partial charge in [0.2, 0.25) is 11.1 Å². The molecule has 1 unspecified atom stereocenters. The van der Waals surface area contributed by atoms with E-state index in [2.05, 4.69) is 9.70 Å². The lowest BCUT2D eigenvalue weighted by molar-refractivity contribution is -0.427. The van der Waals surface area contributed by atoms with Crippen LogP contribution in [0.15, 0.2) is 58.8 Å². The van der Waals surface area contributed by atoms with E-state index >= 15 is 0 Å². The zero-order valence-electron chi connectivity index (χ0n) is 11.7. The van der Waals surface area contributed by atoms with Crippen molar-refractivity contribution in [3.8, 4) is 0 Å². The molecule has 1 aromatic rings. The third-order valence-electron chi connectivity index (χ3n) is 3.68. The Kier molecular flexibility index (Phi) is 3.46.